The molecule has 6 heteroatoms. The van der Waals surface area contributed by atoms with Crippen LogP contribution in [0.15, 0.2) is 30.5 Å². The van der Waals surface area contributed by atoms with Gasteiger partial charge in [0.15, 0.2) is 0 Å². The highest BCUT2D eigenvalue weighted by Crippen LogP contribution is 2.26. The van der Waals surface area contributed by atoms with E-state index in [1.165, 1.54) is 12.1 Å². The van der Waals surface area contributed by atoms with Crippen LogP contribution in [0, 0.1) is 5.82 Å². The molecule has 0 aliphatic rings. The maximum atomic E-state index is 13.4. The van der Waals surface area contributed by atoms with E-state index in [4.69, 9.17) is 5.73 Å². The molecule has 0 unspecified atom stereocenters. The largest absolute Gasteiger partial charge is 0.368 e. The summed E-state index contributed by atoms with van der Waals surface area (Å²) in [5, 5.41) is 4.69. The summed E-state index contributed by atoms with van der Waals surface area (Å²) < 4.78 is 15.0. The normalized spacial score (nSPS) is 11.0. The van der Waals surface area contributed by atoms with Crippen molar-refractivity contribution in [3.63, 3.8) is 0 Å². The first kappa shape index (κ1) is 10.6. The molecule has 2 aromatic heterocycles. The summed E-state index contributed by atoms with van der Waals surface area (Å²) in [7, 11) is 1.79. The van der Waals surface area contributed by atoms with Crippen LogP contribution in [0.3, 0.4) is 0 Å². The lowest BCUT2D eigenvalue weighted by Crippen LogP contribution is -2.01. The predicted molar refractivity (Wildman–Crippen MR) is 66.1 cm³/mol. The van der Waals surface area contributed by atoms with Gasteiger partial charge in [-0.15, -0.1) is 0 Å². The number of anilines is 1. The second kappa shape index (κ2) is 3.76. The molecule has 0 amide bonds. The van der Waals surface area contributed by atoms with Gasteiger partial charge in [0.1, 0.15) is 11.5 Å². The second-order valence-electron chi connectivity index (χ2n) is 3.93. The highest BCUT2D eigenvalue weighted by molar-refractivity contribution is 5.92. The maximum absolute atomic E-state index is 13.4. The molecule has 3 rings (SSSR count). The molecule has 0 aliphatic heterocycles. The topological polar surface area (TPSA) is 69.6 Å². The van der Waals surface area contributed by atoms with E-state index < -0.39 is 0 Å². The van der Waals surface area contributed by atoms with Gasteiger partial charge >= 0.3 is 0 Å². The first-order valence-corrected chi connectivity index (χ1v) is 5.36. The molecule has 0 spiro atoms. The van der Waals surface area contributed by atoms with E-state index in [1.54, 1.807) is 30.1 Å². The lowest BCUT2D eigenvalue weighted by Gasteiger charge is -2.07. The van der Waals surface area contributed by atoms with Crippen molar-refractivity contribution in [2.75, 3.05) is 5.73 Å². The Labute approximate surface area is 102 Å². The molecule has 5 nitrogen and oxygen atoms in total. The molecule has 0 fully saturated rings. The first-order chi connectivity index (χ1) is 8.65. The fraction of sp³-hybridized carbons (Fsp3) is 0.0833. The molecular weight excluding hydrogens is 233 g/mol. The Morgan fingerprint density at radius 2 is 2.06 bits per heavy atom. The van der Waals surface area contributed by atoms with Gasteiger partial charge in [-0.1, -0.05) is 0 Å². The number of hydrogen-bond acceptors (Lipinski definition) is 4. The zero-order valence-electron chi connectivity index (χ0n) is 9.63. The van der Waals surface area contributed by atoms with E-state index >= 15 is 0 Å². The number of rotatable bonds is 1. The molecule has 3 aromatic rings. The summed E-state index contributed by atoms with van der Waals surface area (Å²) in [5.41, 5.74) is 7.63. The number of halogens is 1. The lowest BCUT2D eigenvalue weighted by molar-refractivity contribution is 0.629. The molecule has 0 saturated carbocycles. The van der Waals surface area contributed by atoms with Gasteiger partial charge in [0.2, 0.25) is 5.95 Å². The zero-order valence-corrected chi connectivity index (χ0v) is 9.63. The monoisotopic (exact) mass is 243 g/mol. The Bertz CT molecular complexity index is 734. The van der Waals surface area contributed by atoms with Gasteiger partial charge < -0.3 is 5.73 Å². The Morgan fingerprint density at radius 1 is 1.22 bits per heavy atom. The van der Waals surface area contributed by atoms with Crippen molar-refractivity contribution >= 4 is 16.9 Å². The molecule has 0 aliphatic carbocycles. The Morgan fingerprint density at radius 3 is 2.78 bits per heavy atom. The van der Waals surface area contributed by atoms with E-state index in [-0.39, 0.29) is 11.8 Å². The van der Waals surface area contributed by atoms with Crippen molar-refractivity contribution in [2.24, 2.45) is 7.05 Å². The average Bonchev–Trinajstić information content (AvgIpc) is 2.75. The van der Waals surface area contributed by atoms with Crippen molar-refractivity contribution in [3.05, 3.63) is 36.3 Å². The molecular formula is C12H10FN5. The standard InChI is InChI=1S/C12H10FN5/c1-18-10(4-5-15-18)11-8-6-7(13)2-3-9(8)16-12(14)17-11/h2-6H,1H3,(H2,14,16,17). The Balaban J connectivity index is 2.40. The van der Waals surface area contributed by atoms with E-state index in [2.05, 4.69) is 15.1 Å². The van der Waals surface area contributed by atoms with Gasteiger partial charge in [0.25, 0.3) is 0 Å². The van der Waals surface area contributed by atoms with Gasteiger partial charge in [0, 0.05) is 18.6 Å². The van der Waals surface area contributed by atoms with Crippen LogP contribution in [0.1, 0.15) is 0 Å². The number of aryl methyl sites for hydroxylation is 1. The van der Waals surface area contributed by atoms with Gasteiger partial charge in [-0.2, -0.15) is 5.10 Å². The van der Waals surface area contributed by atoms with Gasteiger partial charge in [-0.05, 0) is 24.3 Å². The summed E-state index contributed by atoms with van der Waals surface area (Å²) in [6, 6.07) is 6.13. The van der Waals surface area contributed by atoms with Crippen LogP contribution < -0.4 is 5.73 Å². The van der Waals surface area contributed by atoms with Crippen molar-refractivity contribution < 1.29 is 4.39 Å². The minimum atomic E-state index is -0.334. The number of hydrogen-bond donors (Lipinski definition) is 1. The second-order valence-corrected chi connectivity index (χ2v) is 3.93. The smallest absolute Gasteiger partial charge is 0.221 e. The fourth-order valence-electron chi connectivity index (χ4n) is 1.92. The van der Waals surface area contributed by atoms with Crippen LogP contribution in [0.5, 0.6) is 0 Å². The highest BCUT2D eigenvalue weighted by Gasteiger charge is 2.12. The summed E-state index contributed by atoms with van der Waals surface area (Å²) in [6.07, 6.45) is 1.65. The van der Waals surface area contributed by atoms with Crippen molar-refractivity contribution in [3.8, 4) is 11.4 Å². The fourth-order valence-corrected chi connectivity index (χ4v) is 1.92. The van der Waals surface area contributed by atoms with E-state index in [9.17, 15) is 4.39 Å². The molecule has 0 saturated heterocycles. The van der Waals surface area contributed by atoms with Crippen molar-refractivity contribution in [1.82, 2.24) is 19.7 Å². The summed E-state index contributed by atoms with van der Waals surface area (Å²) in [5.74, 6) is -0.176. The quantitative estimate of drug-likeness (QED) is 0.707. The molecule has 1 aromatic carbocycles. The van der Waals surface area contributed by atoms with Gasteiger partial charge in [0.05, 0.1) is 11.2 Å². The van der Waals surface area contributed by atoms with Crippen molar-refractivity contribution in [2.45, 2.75) is 0 Å². The summed E-state index contributed by atoms with van der Waals surface area (Å²) in [4.78, 5) is 8.27. The summed E-state index contributed by atoms with van der Waals surface area (Å²) >= 11 is 0. The lowest BCUT2D eigenvalue weighted by atomic mass is 10.1. The number of nitrogen functional groups attached to an aromatic ring is 1. The van der Waals surface area contributed by atoms with E-state index in [1.807, 2.05) is 0 Å². The third-order valence-electron chi connectivity index (χ3n) is 2.74. The third-order valence-corrected chi connectivity index (χ3v) is 2.74. The molecule has 90 valence electrons. The number of fused-ring (bicyclic) bond motifs is 1. The van der Waals surface area contributed by atoms with Gasteiger partial charge in [-0.25, -0.2) is 14.4 Å². The van der Waals surface area contributed by atoms with Crippen LogP contribution in [-0.2, 0) is 7.05 Å². The predicted octanol–water partition coefficient (Wildman–Crippen LogP) is 1.75. The Hall–Kier alpha value is -2.50. The molecule has 18 heavy (non-hydrogen) atoms. The minimum absolute atomic E-state index is 0.158. The van der Waals surface area contributed by atoms with Crippen LogP contribution in [0.4, 0.5) is 10.3 Å². The average molecular weight is 243 g/mol. The minimum Gasteiger partial charge on any atom is -0.368 e. The maximum Gasteiger partial charge on any atom is 0.221 e. The van der Waals surface area contributed by atoms with Gasteiger partial charge in [-0.3, -0.25) is 4.68 Å². The SMILES string of the molecule is Cn1nccc1-c1nc(N)nc2ccc(F)cc12. The van der Waals surface area contributed by atoms with Crippen LogP contribution >= 0.6 is 0 Å². The van der Waals surface area contributed by atoms with E-state index in [0.29, 0.717) is 16.6 Å². The van der Waals surface area contributed by atoms with Crippen molar-refractivity contribution in [1.29, 1.82) is 0 Å². The highest BCUT2D eigenvalue weighted by atomic mass is 19.1. The molecule has 2 N–H and O–H groups in total. The number of benzene rings is 1. The molecule has 2 heterocycles. The Kier molecular flexibility index (Phi) is 2.22. The molecule has 0 bridgehead atoms. The number of aromatic nitrogens is 4. The van der Waals surface area contributed by atoms with Crippen LogP contribution in [0.2, 0.25) is 0 Å². The van der Waals surface area contributed by atoms with E-state index in [0.717, 1.165) is 5.69 Å². The first-order valence-electron chi connectivity index (χ1n) is 5.36. The zero-order chi connectivity index (χ0) is 12.7. The summed E-state index contributed by atoms with van der Waals surface area (Å²) in [6.45, 7) is 0. The number of nitrogens with two attached hydrogens (primary N) is 1. The molecule has 0 atom stereocenters. The van der Waals surface area contributed by atoms with Crippen LogP contribution in [0.25, 0.3) is 22.3 Å². The van der Waals surface area contributed by atoms with Crippen LogP contribution in [-0.4, -0.2) is 19.7 Å². The number of nitrogens with zero attached hydrogens (tertiary/aromatic N) is 4. The third kappa shape index (κ3) is 1.58. The molecule has 0 radical (unpaired) electrons.